The SMILES string of the molecule is Cc1ccc2c(-c3cc4c(CNCCCO)cnc(C)c4o3)cc(=O)oc2c1C. The van der Waals surface area contributed by atoms with Crippen LogP contribution in [-0.4, -0.2) is 23.2 Å². The zero-order valence-electron chi connectivity index (χ0n) is 16.8. The summed E-state index contributed by atoms with van der Waals surface area (Å²) in [4.78, 5) is 16.7. The Bertz CT molecular complexity index is 1250. The first-order valence-corrected chi connectivity index (χ1v) is 9.73. The molecule has 29 heavy (non-hydrogen) atoms. The van der Waals surface area contributed by atoms with Crippen molar-refractivity contribution in [3.05, 3.63) is 63.3 Å². The highest BCUT2D eigenvalue weighted by atomic mass is 16.4. The highest BCUT2D eigenvalue weighted by Gasteiger charge is 2.17. The minimum absolute atomic E-state index is 0.160. The van der Waals surface area contributed by atoms with Gasteiger partial charge < -0.3 is 19.3 Å². The summed E-state index contributed by atoms with van der Waals surface area (Å²) in [7, 11) is 0. The van der Waals surface area contributed by atoms with E-state index in [0.29, 0.717) is 35.5 Å². The van der Waals surface area contributed by atoms with Gasteiger partial charge in [0.15, 0.2) is 5.58 Å². The minimum Gasteiger partial charge on any atom is -0.454 e. The molecule has 0 spiro atoms. The average molecular weight is 392 g/mol. The molecular formula is C23H24N2O4. The second-order valence-corrected chi connectivity index (χ2v) is 7.34. The first-order chi connectivity index (χ1) is 14.0. The molecule has 0 fully saturated rings. The number of nitrogens with zero attached hydrogens (tertiary/aromatic N) is 1. The van der Waals surface area contributed by atoms with E-state index in [1.165, 1.54) is 6.07 Å². The zero-order valence-corrected chi connectivity index (χ0v) is 16.8. The smallest absolute Gasteiger partial charge is 0.336 e. The number of aliphatic hydroxyl groups is 1. The van der Waals surface area contributed by atoms with Crippen LogP contribution in [0.25, 0.3) is 33.3 Å². The second-order valence-electron chi connectivity index (χ2n) is 7.34. The molecule has 1 aromatic carbocycles. The number of hydrogen-bond acceptors (Lipinski definition) is 6. The lowest BCUT2D eigenvalue weighted by Gasteiger charge is -2.07. The van der Waals surface area contributed by atoms with Gasteiger partial charge in [0.2, 0.25) is 0 Å². The molecule has 4 aromatic rings. The zero-order chi connectivity index (χ0) is 20.5. The number of aromatic nitrogens is 1. The van der Waals surface area contributed by atoms with Gasteiger partial charge in [-0.1, -0.05) is 12.1 Å². The summed E-state index contributed by atoms with van der Waals surface area (Å²) >= 11 is 0. The minimum atomic E-state index is -0.401. The van der Waals surface area contributed by atoms with Crippen LogP contribution in [0.4, 0.5) is 0 Å². The number of rotatable bonds is 6. The highest BCUT2D eigenvalue weighted by molar-refractivity contribution is 5.97. The Morgan fingerprint density at radius 1 is 1.07 bits per heavy atom. The average Bonchev–Trinajstić information content (AvgIpc) is 3.16. The van der Waals surface area contributed by atoms with Crippen LogP contribution in [0.5, 0.6) is 0 Å². The molecule has 0 saturated carbocycles. The van der Waals surface area contributed by atoms with Crippen molar-refractivity contribution in [2.24, 2.45) is 0 Å². The molecule has 0 aliphatic carbocycles. The third-order valence-corrected chi connectivity index (χ3v) is 5.34. The van der Waals surface area contributed by atoms with Crippen molar-refractivity contribution in [3.8, 4) is 11.3 Å². The van der Waals surface area contributed by atoms with Crippen LogP contribution in [0.15, 0.2) is 44.1 Å². The predicted molar refractivity (Wildman–Crippen MR) is 113 cm³/mol. The predicted octanol–water partition coefficient (Wildman–Crippen LogP) is 4.00. The van der Waals surface area contributed by atoms with E-state index in [-0.39, 0.29) is 6.61 Å². The number of nitrogens with one attached hydrogen (secondary N) is 1. The molecule has 0 saturated heterocycles. The monoisotopic (exact) mass is 392 g/mol. The van der Waals surface area contributed by atoms with Crippen molar-refractivity contribution in [2.45, 2.75) is 33.7 Å². The Hall–Kier alpha value is -2.96. The number of fused-ring (bicyclic) bond motifs is 2. The summed E-state index contributed by atoms with van der Waals surface area (Å²) in [6, 6.07) is 7.44. The lowest BCUT2D eigenvalue weighted by molar-refractivity contribution is 0.286. The fraction of sp³-hybridized carbons (Fsp3) is 0.304. The molecule has 0 amide bonds. The van der Waals surface area contributed by atoms with Crippen LogP contribution in [-0.2, 0) is 6.54 Å². The van der Waals surface area contributed by atoms with Gasteiger partial charge in [-0.15, -0.1) is 0 Å². The fourth-order valence-electron chi connectivity index (χ4n) is 3.57. The van der Waals surface area contributed by atoms with E-state index in [1.54, 1.807) is 0 Å². The summed E-state index contributed by atoms with van der Waals surface area (Å²) < 4.78 is 11.7. The topological polar surface area (TPSA) is 88.5 Å². The van der Waals surface area contributed by atoms with E-state index in [1.807, 2.05) is 45.2 Å². The molecule has 150 valence electrons. The third kappa shape index (κ3) is 3.57. The van der Waals surface area contributed by atoms with Crippen molar-refractivity contribution in [2.75, 3.05) is 13.2 Å². The van der Waals surface area contributed by atoms with Crippen LogP contribution in [0.2, 0.25) is 0 Å². The normalized spacial score (nSPS) is 11.6. The molecule has 6 nitrogen and oxygen atoms in total. The van der Waals surface area contributed by atoms with Gasteiger partial charge in [0, 0.05) is 41.8 Å². The van der Waals surface area contributed by atoms with Crippen LogP contribution in [0, 0.1) is 20.8 Å². The Morgan fingerprint density at radius 2 is 1.90 bits per heavy atom. The van der Waals surface area contributed by atoms with Crippen LogP contribution < -0.4 is 10.9 Å². The Balaban J connectivity index is 1.86. The molecule has 0 atom stereocenters. The van der Waals surface area contributed by atoms with E-state index in [4.69, 9.17) is 13.9 Å². The number of furan rings is 1. The maximum Gasteiger partial charge on any atom is 0.336 e. The Kier molecular flexibility index (Phi) is 5.22. The van der Waals surface area contributed by atoms with Crippen LogP contribution in [0.1, 0.15) is 28.8 Å². The van der Waals surface area contributed by atoms with Gasteiger partial charge in [0.25, 0.3) is 0 Å². The largest absolute Gasteiger partial charge is 0.454 e. The van der Waals surface area contributed by atoms with Crippen molar-refractivity contribution >= 4 is 21.9 Å². The highest BCUT2D eigenvalue weighted by Crippen LogP contribution is 2.35. The Morgan fingerprint density at radius 3 is 2.69 bits per heavy atom. The molecule has 0 radical (unpaired) electrons. The summed E-state index contributed by atoms with van der Waals surface area (Å²) in [6.45, 7) is 7.36. The molecule has 0 aliphatic heterocycles. The summed E-state index contributed by atoms with van der Waals surface area (Å²) in [5, 5.41) is 14.1. The van der Waals surface area contributed by atoms with Gasteiger partial charge in [-0.25, -0.2) is 4.79 Å². The number of pyridine rings is 1. The van der Waals surface area contributed by atoms with Gasteiger partial charge >= 0.3 is 5.63 Å². The quantitative estimate of drug-likeness (QED) is 0.381. The number of aliphatic hydroxyl groups excluding tert-OH is 1. The summed E-state index contributed by atoms with van der Waals surface area (Å²) in [5.74, 6) is 0.619. The van der Waals surface area contributed by atoms with Crippen molar-refractivity contribution in [1.29, 1.82) is 0 Å². The van der Waals surface area contributed by atoms with Gasteiger partial charge in [0.1, 0.15) is 11.3 Å². The first kappa shape index (κ1) is 19.4. The first-order valence-electron chi connectivity index (χ1n) is 9.73. The van der Waals surface area contributed by atoms with Gasteiger partial charge in [-0.05, 0) is 56.5 Å². The van der Waals surface area contributed by atoms with E-state index >= 15 is 0 Å². The molecule has 2 N–H and O–H groups in total. The van der Waals surface area contributed by atoms with Gasteiger partial charge in [0.05, 0.1) is 5.69 Å². The Labute approximate surface area is 168 Å². The lowest BCUT2D eigenvalue weighted by Crippen LogP contribution is -2.16. The molecule has 6 heteroatoms. The van der Waals surface area contributed by atoms with E-state index < -0.39 is 5.63 Å². The van der Waals surface area contributed by atoms with Crippen LogP contribution in [0.3, 0.4) is 0 Å². The van der Waals surface area contributed by atoms with Crippen LogP contribution >= 0.6 is 0 Å². The summed E-state index contributed by atoms with van der Waals surface area (Å²) in [6.07, 6.45) is 2.54. The standard InChI is InChI=1S/C23H24N2O4/c1-13-5-6-17-19(10-21(27)29-22(17)14(13)2)20-9-18-16(11-24-7-4-8-26)12-25-15(3)23(18)28-20/h5-6,9-10,12,24,26H,4,7-8,11H2,1-3H3. The lowest BCUT2D eigenvalue weighted by atomic mass is 10.0. The van der Waals surface area contributed by atoms with Crippen molar-refractivity contribution < 1.29 is 13.9 Å². The molecular weight excluding hydrogens is 368 g/mol. The van der Waals surface area contributed by atoms with Crippen molar-refractivity contribution in [3.63, 3.8) is 0 Å². The molecule has 3 heterocycles. The van der Waals surface area contributed by atoms with Gasteiger partial charge in [-0.2, -0.15) is 0 Å². The second kappa shape index (κ2) is 7.81. The number of hydrogen-bond donors (Lipinski definition) is 2. The fourth-order valence-corrected chi connectivity index (χ4v) is 3.57. The van der Waals surface area contributed by atoms with Gasteiger partial charge in [-0.3, -0.25) is 4.98 Å². The molecule has 3 aromatic heterocycles. The van der Waals surface area contributed by atoms with E-state index in [0.717, 1.165) is 39.7 Å². The molecule has 0 aliphatic rings. The summed E-state index contributed by atoms with van der Waals surface area (Å²) in [5.41, 5.74) is 5.45. The number of aryl methyl sites for hydroxylation is 3. The molecule has 0 bridgehead atoms. The van der Waals surface area contributed by atoms with E-state index in [2.05, 4.69) is 10.3 Å². The van der Waals surface area contributed by atoms with Crippen molar-refractivity contribution in [1.82, 2.24) is 10.3 Å². The maximum absolute atomic E-state index is 12.2. The molecule has 0 unspecified atom stereocenters. The third-order valence-electron chi connectivity index (χ3n) is 5.34. The molecule has 4 rings (SSSR count). The van der Waals surface area contributed by atoms with E-state index in [9.17, 15) is 4.79 Å². The maximum atomic E-state index is 12.2. The number of benzene rings is 1.